The second kappa shape index (κ2) is 10.3. The molecule has 1 aromatic heterocycles. The smallest absolute Gasteiger partial charge is 0.416 e. The summed E-state index contributed by atoms with van der Waals surface area (Å²) in [7, 11) is 0. The zero-order chi connectivity index (χ0) is 27.8. The molecular formula is C27H22F5N3O3. The van der Waals surface area contributed by atoms with E-state index in [2.05, 4.69) is 0 Å². The highest BCUT2D eigenvalue weighted by atomic mass is 19.4. The minimum absolute atomic E-state index is 0.217. The van der Waals surface area contributed by atoms with E-state index in [4.69, 9.17) is 5.73 Å². The van der Waals surface area contributed by atoms with Gasteiger partial charge in [-0.05, 0) is 30.7 Å². The van der Waals surface area contributed by atoms with Gasteiger partial charge in [0.25, 0.3) is 5.56 Å². The van der Waals surface area contributed by atoms with Crippen LogP contribution in [0, 0.1) is 18.6 Å². The van der Waals surface area contributed by atoms with Gasteiger partial charge in [0, 0.05) is 22.9 Å². The molecule has 3 N–H and O–H groups in total. The van der Waals surface area contributed by atoms with E-state index in [9.17, 15) is 36.6 Å². The number of rotatable bonds is 6. The number of nitrogens with two attached hydrogens (primary N) is 1. The van der Waals surface area contributed by atoms with Gasteiger partial charge in [0.15, 0.2) is 11.6 Å². The van der Waals surface area contributed by atoms with E-state index in [-0.39, 0.29) is 16.8 Å². The van der Waals surface area contributed by atoms with Crippen LogP contribution < -0.4 is 17.0 Å². The molecular weight excluding hydrogens is 509 g/mol. The van der Waals surface area contributed by atoms with E-state index in [1.807, 2.05) is 0 Å². The molecule has 1 atom stereocenters. The Hall–Kier alpha value is -4.25. The summed E-state index contributed by atoms with van der Waals surface area (Å²) in [5.74, 6) is -3.16. The lowest BCUT2D eigenvalue weighted by atomic mass is 10.0. The molecule has 0 amide bonds. The molecule has 4 aromatic rings. The Bertz CT molecular complexity index is 1610. The number of phenols is 1. The molecule has 11 heteroatoms. The van der Waals surface area contributed by atoms with Crippen LogP contribution in [0.2, 0.25) is 0 Å². The van der Waals surface area contributed by atoms with E-state index in [1.165, 1.54) is 19.1 Å². The summed E-state index contributed by atoms with van der Waals surface area (Å²) in [6, 6.07) is 13.4. The van der Waals surface area contributed by atoms with Crippen molar-refractivity contribution >= 4 is 0 Å². The minimum Gasteiger partial charge on any atom is -0.505 e. The Morgan fingerprint density at radius 3 is 2.24 bits per heavy atom. The highest BCUT2D eigenvalue weighted by Gasteiger charge is 2.35. The van der Waals surface area contributed by atoms with Crippen molar-refractivity contribution in [3.63, 3.8) is 0 Å². The summed E-state index contributed by atoms with van der Waals surface area (Å²) in [6.45, 7) is -0.0730. The zero-order valence-electron chi connectivity index (χ0n) is 20.0. The second-order valence-corrected chi connectivity index (χ2v) is 8.66. The molecule has 4 rings (SSSR count). The molecule has 0 spiro atoms. The van der Waals surface area contributed by atoms with Gasteiger partial charge >= 0.3 is 11.9 Å². The molecule has 0 aliphatic heterocycles. The van der Waals surface area contributed by atoms with Gasteiger partial charge < -0.3 is 10.8 Å². The van der Waals surface area contributed by atoms with Crippen molar-refractivity contribution in [1.82, 2.24) is 9.13 Å². The lowest BCUT2D eigenvalue weighted by molar-refractivity contribution is -0.138. The minimum atomic E-state index is -4.93. The number of hydrogen-bond acceptors (Lipinski definition) is 4. The molecule has 0 bridgehead atoms. The summed E-state index contributed by atoms with van der Waals surface area (Å²) >= 11 is 0. The van der Waals surface area contributed by atoms with Crippen molar-refractivity contribution in [2.75, 3.05) is 0 Å². The van der Waals surface area contributed by atoms with Gasteiger partial charge in [-0.25, -0.2) is 13.6 Å². The fourth-order valence-corrected chi connectivity index (χ4v) is 4.32. The van der Waals surface area contributed by atoms with Crippen LogP contribution in [0.1, 0.15) is 28.4 Å². The van der Waals surface area contributed by atoms with Crippen molar-refractivity contribution in [3.8, 4) is 16.9 Å². The zero-order valence-corrected chi connectivity index (χ0v) is 20.0. The molecule has 0 fully saturated rings. The van der Waals surface area contributed by atoms with Gasteiger partial charge in [-0.15, -0.1) is 0 Å². The number of nitrogens with zero attached hydrogens (tertiary/aromatic N) is 2. The number of halogens is 5. The first-order valence-electron chi connectivity index (χ1n) is 11.4. The molecule has 198 valence electrons. The van der Waals surface area contributed by atoms with Gasteiger partial charge in [0.05, 0.1) is 24.2 Å². The Labute approximate surface area is 213 Å². The summed E-state index contributed by atoms with van der Waals surface area (Å²) in [5, 5.41) is 9.88. The Morgan fingerprint density at radius 1 is 0.921 bits per heavy atom. The van der Waals surface area contributed by atoms with Gasteiger partial charge in [-0.2, -0.15) is 13.2 Å². The summed E-state index contributed by atoms with van der Waals surface area (Å²) in [4.78, 5) is 27.0. The SMILES string of the molecule is Cc1c(-c2cccc(O)c2F)c(=O)n(CC(N)c2ccccc2)c(=O)n1Cc1c(F)cccc1C(F)(F)F. The first-order valence-corrected chi connectivity index (χ1v) is 11.4. The molecule has 0 saturated carbocycles. The second-order valence-electron chi connectivity index (χ2n) is 8.66. The highest BCUT2D eigenvalue weighted by Crippen LogP contribution is 2.34. The van der Waals surface area contributed by atoms with E-state index in [1.54, 1.807) is 30.3 Å². The van der Waals surface area contributed by atoms with Crippen molar-refractivity contribution in [3.05, 3.63) is 122 Å². The van der Waals surface area contributed by atoms with Gasteiger partial charge in [0.1, 0.15) is 5.82 Å². The topological polar surface area (TPSA) is 90.2 Å². The molecule has 0 aliphatic rings. The van der Waals surface area contributed by atoms with Gasteiger partial charge in [0.2, 0.25) is 0 Å². The van der Waals surface area contributed by atoms with Crippen molar-refractivity contribution < 1.29 is 27.1 Å². The fourth-order valence-electron chi connectivity index (χ4n) is 4.32. The Morgan fingerprint density at radius 2 is 1.58 bits per heavy atom. The van der Waals surface area contributed by atoms with Crippen LogP contribution >= 0.6 is 0 Å². The lowest BCUT2D eigenvalue weighted by Crippen LogP contribution is -2.44. The fraction of sp³-hybridized carbons (Fsp3) is 0.185. The number of alkyl halides is 3. The van der Waals surface area contributed by atoms with E-state index in [0.29, 0.717) is 16.2 Å². The van der Waals surface area contributed by atoms with Crippen LogP contribution in [-0.2, 0) is 19.3 Å². The van der Waals surface area contributed by atoms with Crippen molar-refractivity contribution in [2.24, 2.45) is 5.73 Å². The molecule has 6 nitrogen and oxygen atoms in total. The quantitative estimate of drug-likeness (QED) is 0.352. The van der Waals surface area contributed by atoms with E-state index >= 15 is 0 Å². The average Bonchev–Trinajstić information content (AvgIpc) is 2.87. The van der Waals surface area contributed by atoms with Crippen LogP contribution in [0.15, 0.2) is 76.3 Å². The molecule has 1 unspecified atom stereocenters. The highest BCUT2D eigenvalue weighted by molar-refractivity contribution is 5.67. The van der Waals surface area contributed by atoms with Crippen molar-refractivity contribution in [2.45, 2.75) is 32.2 Å². The molecule has 1 heterocycles. The van der Waals surface area contributed by atoms with Crippen LogP contribution in [0.4, 0.5) is 22.0 Å². The number of aromatic nitrogens is 2. The summed E-state index contributed by atoms with van der Waals surface area (Å²) < 4.78 is 72.1. The number of benzene rings is 3. The normalized spacial score (nSPS) is 12.5. The summed E-state index contributed by atoms with van der Waals surface area (Å²) in [5.41, 5.74) is 1.65. The predicted molar refractivity (Wildman–Crippen MR) is 131 cm³/mol. The molecule has 38 heavy (non-hydrogen) atoms. The van der Waals surface area contributed by atoms with Crippen LogP contribution in [-0.4, -0.2) is 14.2 Å². The number of hydrogen-bond donors (Lipinski definition) is 2. The van der Waals surface area contributed by atoms with Crippen LogP contribution in [0.5, 0.6) is 5.75 Å². The molecule has 3 aromatic carbocycles. The first-order chi connectivity index (χ1) is 17.9. The maximum Gasteiger partial charge on any atom is 0.416 e. The number of aromatic hydroxyl groups is 1. The van der Waals surface area contributed by atoms with Crippen LogP contribution in [0.25, 0.3) is 11.1 Å². The lowest BCUT2D eigenvalue weighted by Gasteiger charge is -2.21. The van der Waals surface area contributed by atoms with E-state index in [0.717, 1.165) is 22.8 Å². The van der Waals surface area contributed by atoms with E-state index < -0.39 is 65.1 Å². The first kappa shape index (κ1) is 26.8. The maximum atomic E-state index is 14.9. The van der Waals surface area contributed by atoms with Gasteiger partial charge in [-0.3, -0.25) is 13.9 Å². The van der Waals surface area contributed by atoms with Crippen molar-refractivity contribution in [1.29, 1.82) is 0 Å². The van der Waals surface area contributed by atoms with Gasteiger partial charge in [-0.1, -0.05) is 48.5 Å². The molecule has 0 saturated heterocycles. The third kappa shape index (κ3) is 4.97. The molecule has 0 radical (unpaired) electrons. The predicted octanol–water partition coefficient (Wildman–Crippen LogP) is 4.74. The third-order valence-corrected chi connectivity index (χ3v) is 6.28. The standard InChI is InChI=1S/C27H22F5N3O3/c1-15-23(17-9-5-12-22(36)24(17)29)25(37)35(14-21(33)16-7-3-2-4-8-16)26(38)34(15)13-18-19(27(30,31)32)10-6-11-20(18)28/h2-12,21,36H,13-14,33H2,1H3. The van der Waals surface area contributed by atoms with Crippen LogP contribution in [0.3, 0.4) is 0 Å². The maximum absolute atomic E-state index is 14.9. The Kier molecular flexibility index (Phi) is 7.23. The third-order valence-electron chi connectivity index (χ3n) is 6.28. The Balaban J connectivity index is 1.99. The number of phenolic OH excluding ortho intramolecular Hbond substituents is 1. The molecule has 0 aliphatic carbocycles. The summed E-state index contributed by atoms with van der Waals surface area (Å²) in [6.07, 6.45) is -4.93. The monoisotopic (exact) mass is 531 g/mol. The average molecular weight is 531 g/mol. The largest absolute Gasteiger partial charge is 0.505 e.